The Balaban J connectivity index is 1.67. The first-order valence-corrected chi connectivity index (χ1v) is 9.86. The highest BCUT2D eigenvalue weighted by atomic mass is 79.9. The number of ether oxygens (including phenoxy) is 2. The van der Waals surface area contributed by atoms with Crippen molar-refractivity contribution in [1.82, 2.24) is 4.90 Å². The van der Waals surface area contributed by atoms with Gasteiger partial charge in [-0.1, -0.05) is 40.2 Å². The Hall–Kier alpha value is -2.58. The van der Waals surface area contributed by atoms with E-state index in [2.05, 4.69) is 20.7 Å². The molecule has 0 unspecified atom stereocenters. The smallest absolute Gasteiger partial charge is 0.343 e. The second-order valence-electron chi connectivity index (χ2n) is 5.83. The van der Waals surface area contributed by atoms with E-state index in [1.54, 1.807) is 30.3 Å². The highest BCUT2D eigenvalue weighted by Crippen LogP contribution is 2.33. The molecule has 0 aliphatic carbocycles. The van der Waals surface area contributed by atoms with Crippen LogP contribution in [0, 0.1) is 0 Å². The van der Waals surface area contributed by atoms with Crippen molar-refractivity contribution < 1.29 is 23.9 Å². The molecular weight excluding hydrogens is 446 g/mol. The molecule has 0 aromatic heterocycles. The lowest BCUT2D eigenvalue weighted by molar-refractivity contribution is -0.142. The fourth-order valence-corrected chi connectivity index (χ4v) is 3.52. The van der Waals surface area contributed by atoms with Gasteiger partial charge >= 0.3 is 5.97 Å². The van der Waals surface area contributed by atoms with E-state index in [1.165, 1.54) is 12.0 Å². The Morgan fingerprint density at radius 3 is 2.43 bits per heavy atom. The summed E-state index contributed by atoms with van der Waals surface area (Å²) in [6.45, 7) is 0.0559. The van der Waals surface area contributed by atoms with Crippen molar-refractivity contribution in [2.24, 2.45) is 0 Å². The molecule has 0 bridgehead atoms. The van der Waals surface area contributed by atoms with E-state index < -0.39 is 5.97 Å². The Bertz CT molecular complexity index is 925. The van der Waals surface area contributed by atoms with Gasteiger partial charge in [-0.3, -0.25) is 14.5 Å². The van der Waals surface area contributed by atoms with Crippen LogP contribution in [0.3, 0.4) is 0 Å². The summed E-state index contributed by atoms with van der Waals surface area (Å²) in [6.07, 6.45) is 1.66. The number of amides is 2. The third-order valence-corrected chi connectivity index (χ3v) is 5.33. The van der Waals surface area contributed by atoms with Crippen LogP contribution in [0.4, 0.5) is 4.79 Å². The zero-order chi connectivity index (χ0) is 20.1. The average molecular weight is 462 g/mol. The maximum Gasteiger partial charge on any atom is 0.343 e. The molecular formula is C20H16BrNO5S. The number of hydrogen-bond acceptors (Lipinski definition) is 6. The molecule has 8 heteroatoms. The lowest BCUT2D eigenvalue weighted by atomic mass is 10.2. The van der Waals surface area contributed by atoms with E-state index in [-0.39, 0.29) is 24.3 Å². The number of carbonyl (C=O) groups is 3. The van der Waals surface area contributed by atoms with Gasteiger partial charge in [0.1, 0.15) is 5.75 Å². The molecule has 1 aliphatic heterocycles. The van der Waals surface area contributed by atoms with Crippen LogP contribution >= 0.6 is 27.7 Å². The molecule has 0 spiro atoms. The van der Waals surface area contributed by atoms with Gasteiger partial charge in [0.05, 0.1) is 18.6 Å². The zero-order valence-electron chi connectivity index (χ0n) is 14.9. The number of nitrogens with zero attached hydrogens (tertiary/aromatic N) is 1. The highest BCUT2D eigenvalue weighted by molar-refractivity contribution is 9.10. The van der Waals surface area contributed by atoms with Gasteiger partial charge in [-0.2, -0.15) is 0 Å². The lowest BCUT2D eigenvalue weighted by Crippen LogP contribution is -2.27. The molecule has 0 atom stereocenters. The van der Waals surface area contributed by atoms with Crippen LogP contribution in [0.2, 0.25) is 0 Å². The minimum absolute atomic E-state index is 0.176. The van der Waals surface area contributed by atoms with Gasteiger partial charge < -0.3 is 9.47 Å². The molecule has 6 nitrogen and oxygen atoms in total. The van der Waals surface area contributed by atoms with E-state index in [9.17, 15) is 14.4 Å². The van der Waals surface area contributed by atoms with E-state index in [0.717, 1.165) is 27.4 Å². The molecule has 0 saturated carbocycles. The molecule has 3 rings (SSSR count). The predicted molar refractivity (Wildman–Crippen MR) is 110 cm³/mol. The predicted octanol–water partition coefficient (Wildman–Crippen LogP) is 4.24. The summed E-state index contributed by atoms with van der Waals surface area (Å²) in [5.74, 6) is -0.279. The maximum absolute atomic E-state index is 12.6. The number of hydrogen-bond donors (Lipinski definition) is 0. The lowest BCUT2D eigenvalue weighted by Gasteiger charge is -2.12. The first-order chi connectivity index (χ1) is 13.5. The summed E-state index contributed by atoms with van der Waals surface area (Å²) >= 11 is 4.28. The summed E-state index contributed by atoms with van der Waals surface area (Å²) in [5, 5.41) is -0.294. The SMILES string of the molecule is COC(=O)COc1ccc(/C=C2\SC(=O)N(Cc3ccc(Br)cc3)C2=O)cc1. The van der Waals surface area contributed by atoms with Crippen LogP contribution in [0.1, 0.15) is 11.1 Å². The molecule has 1 heterocycles. The normalized spacial score (nSPS) is 15.2. The van der Waals surface area contributed by atoms with Crippen molar-refractivity contribution in [3.8, 4) is 5.75 Å². The molecule has 2 aromatic rings. The Morgan fingerprint density at radius 2 is 1.79 bits per heavy atom. The molecule has 2 amide bonds. The Labute approximate surface area is 174 Å². The minimum Gasteiger partial charge on any atom is -0.482 e. The number of thioether (sulfide) groups is 1. The van der Waals surface area contributed by atoms with Gasteiger partial charge in [0.25, 0.3) is 11.1 Å². The van der Waals surface area contributed by atoms with Crippen molar-refractivity contribution in [2.75, 3.05) is 13.7 Å². The van der Waals surface area contributed by atoms with E-state index in [4.69, 9.17) is 4.74 Å². The topological polar surface area (TPSA) is 72.9 Å². The number of methoxy groups -OCH3 is 1. The summed E-state index contributed by atoms with van der Waals surface area (Å²) in [7, 11) is 1.29. The monoisotopic (exact) mass is 461 g/mol. The van der Waals surface area contributed by atoms with Crippen molar-refractivity contribution in [3.05, 3.63) is 69.0 Å². The third kappa shape index (κ3) is 5.02. The van der Waals surface area contributed by atoms with Crippen LogP contribution < -0.4 is 4.74 Å². The standard InChI is InChI=1S/C20H16BrNO5S/c1-26-18(23)12-27-16-8-4-13(5-9-16)10-17-19(24)22(20(25)28-17)11-14-2-6-15(21)7-3-14/h2-10H,11-12H2,1H3/b17-10-. The van der Waals surface area contributed by atoms with Crippen LogP contribution in [0.25, 0.3) is 6.08 Å². The van der Waals surface area contributed by atoms with Crippen LogP contribution in [0.5, 0.6) is 5.75 Å². The van der Waals surface area contributed by atoms with Gasteiger partial charge in [-0.05, 0) is 53.2 Å². The Kier molecular flexibility index (Phi) is 6.53. The first kappa shape index (κ1) is 20.2. The number of benzene rings is 2. The van der Waals surface area contributed by atoms with Crippen LogP contribution in [-0.4, -0.2) is 35.7 Å². The van der Waals surface area contributed by atoms with Crippen LogP contribution in [-0.2, 0) is 20.9 Å². The third-order valence-electron chi connectivity index (χ3n) is 3.89. The van der Waals surface area contributed by atoms with Gasteiger partial charge in [-0.15, -0.1) is 0 Å². The van der Waals surface area contributed by atoms with Crippen molar-refractivity contribution >= 4 is 50.9 Å². The number of carbonyl (C=O) groups excluding carboxylic acids is 3. The van der Waals surface area contributed by atoms with Gasteiger partial charge in [0.15, 0.2) is 6.61 Å². The van der Waals surface area contributed by atoms with E-state index >= 15 is 0 Å². The summed E-state index contributed by atoms with van der Waals surface area (Å²) in [4.78, 5) is 37.5. The largest absolute Gasteiger partial charge is 0.482 e. The van der Waals surface area contributed by atoms with Gasteiger partial charge in [0.2, 0.25) is 0 Å². The fourth-order valence-electron chi connectivity index (χ4n) is 2.42. The first-order valence-electron chi connectivity index (χ1n) is 8.26. The van der Waals surface area contributed by atoms with Crippen molar-refractivity contribution in [3.63, 3.8) is 0 Å². The van der Waals surface area contributed by atoms with E-state index in [0.29, 0.717) is 10.7 Å². The second-order valence-corrected chi connectivity index (χ2v) is 7.74. The molecule has 0 radical (unpaired) electrons. The maximum atomic E-state index is 12.6. The summed E-state index contributed by atoms with van der Waals surface area (Å²) in [5.41, 5.74) is 1.62. The fraction of sp³-hybridized carbons (Fsp3) is 0.150. The quantitative estimate of drug-likeness (QED) is 0.473. The van der Waals surface area contributed by atoms with Gasteiger partial charge in [-0.25, -0.2) is 4.79 Å². The molecule has 28 heavy (non-hydrogen) atoms. The number of imide groups is 1. The highest BCUT2D eigenvalue weighted by Gasteiger charge is 2.34. The molecule has 1 fully saturated rings. The summed E-state index contributed by atoms with van der Waals surface area (Å²) in [6, 6.07) is 14.3. The van der Waals surface area contributed by atoms with Crippen LogP contribution in [0.15, 0.2) is 57.9 Å². The molecule has 1 saturated heterocycles. The Morgan fingerprint density at radius 1 is 1.11 bits per heavy atom. The molecule has 144 valence electrons. The molecule has 1 aliphatic rings. The minimum atomic E-state index is -0.469. The summed E-state index contributed by atoms with van der Waals surface area (Å²) < 4.78 is 10.7. The number of rotatable bonds is 6. The average Bonchev–Trinajstić information content (AvgIpc) is 2.96. The second kappa shape index (κ2) is 9.07. The molecule has 0 N–H and O–H groups in total. The van der Waals surface area contributed by atoms with E-state index in [1.807, 2.05) is 24.3 Å². The number of esters is 1. The number of halogens is 1. The molecule has 2 aromatic carbocycles. The zero-order valence-corrected chi connectivity index (χ0v) is 17.3. The van der Waals surface area contributed by atoms with Gasteiger partial charge in [0, 0.05) is 4.47 Å². The van der Waals surface area contributed by atoms with Crippen molar-refractivity contribution in [2.45, 2.75) is 6.54 Å². The van der Waals surface area contributed by atoms with Crippen molar-refractivity contribution in [1.29, 1.82) is 0 Å².